The molecule has 0 radical (unpaired) electrons. The van der Waals surface area contributed by atoms with Crippen LogP contribution in [-0.4, -0.2) is 55.6 Å². The van der Waals surface area contributed by atoms with Crippen molar-refractivity contribution in [2.24, 2.45) is 10.3 Å². The first kappa shape index (κ1) is 24.4. The summed E-state index contributed by atoms with van der Waals surface area (Å²) >= 11 is 0. The molecule has 0 fully saturated rings. The molecule has 0 bridgehead atoms. The molecular weight excluding hydrogens is 432 g/mol. The molecule has 4 N–H and O–H groups in total. The van der Waals surface area contributed by atoms with Gasteiger partial charge in [-0.25, -0.2) is 9.59 Å². The van der Waals surface area contributed by atoms with Crippen molar-refractivity contribution < 1.29 is 39.8 Å². The van der Waals surface area contributed by atoms with E-state index in [4.69, 9.17) is 20.6 Å². The number of carbonyl (C=O) groups excluding carboxylic acids is 2. The van der Waals surface area contributed by atoms with Gasteiger partial charge >= 0.3 is 11.9 Å². The number of hydrogen-bond acceptors (Lipinski definition) is 8. The van der Waals surface area contributed by atoms with Crippen molar-refractivity contribution in [3.05, 3.63) is 95.1 Å². The fraction of sp³-hybridized carbons (Fsp3) is 0.0435. The topological polar surface area (TPSA) is 174 Å². The van der Waals surface area contributed by atoms with Crippen LogP contribution in [0.2, 0.25) is 0 Å². The van der Waals surface area contributed by atoms with E-state index in [1.807, 2.05) is 0 Å². The van der Waals surface area contributed by atoms with Crippen LogP contribution in [0.15, 0.2) is 83.1 Å². The molecule has 0 spiro atoms. The Morgan fingerprint density at radius 1 is 0.606 bits per heavy atom. The van der Waals surface area contributed by atoms with Gasteiger partial charge in [-0.15, -0.1) is 0 Å². The van der Waals surface area contributed by atoms with Gasteiger partial charge in [-0.1, -0.05) is 58.8 Å². The normalized spacial score (nSPS) is 12.2. The molecule has 0 aliphatic rings. The minimum absolute atomic E-state index is 0.299. The van der Waals surface area contributed by atoms with Gasteiger partial charge in [0, 0.05) is 23.3 Å². The Kier molecular flexibility index (Phi) is 8.51. The van der Waals surface area contributed by atoms with Crippen LogP contribution < -0.4 is 0 Å². The Balaban J connectivity index is 2.12. The number of allylic oxidation sites excluding steroid dienone is 2. The minimum atomic E-state index is -1.31. The summed E-state index contributed by atoms with van der Waals surface area (Å²) in [5, 5.41) is 41.3. The highest BCUT2D eigenvalue weighted by Gasteiger charge is 2.14. The van der Waals surface area contributed by atoms with Crippen LogP contribution >= 0.6 is 0 Å². The Labute approximate surface area is 187 Å². The van der Waals surface area contributed by atoms with E-state index < -0.39 is 23.5 Å². The predicted octanol–water partition coefficient (Wildman–Crippen LogP) is 2.05. The third-order valence-electron chi connectivity index (χ3n) is 4.28. The van der Waals surface area contributed by atoms with Crippen LogP contribution in [0.4, 0.5) is 0 Å². The van der Waals surface area contributed by atoms with Gasteiger partial charge in [0.15, 0.2) is 11.4 Å². The lowest BCUT2D eigenvalue weighted by molar-refractivity contribution is -0.132. The fourth-order valence-corrected chi connectivity index (χ4v) is 2.75. The van der Waals surface area contributed by atoms with E-state index in [2.05, 4.69) is 10.3 Å². The average Bonchev–Trinajstić information content (AvgIpc) is 2.79. The quantitative estimate of drug-likeness (QED) is 0.184. The van der Waals surface area contributed by atoms with E-state index in [9.17, 15) is 19.2 Å². The van der Waals surface area contributed by atoms with Crippen LogP contribution in [0.5, 0.6) is 0 Å². The molecule has 2 aromatic rings. The number of rotatable bonds is 10. The number of carboxylic acid groups (broad SMARTS) is 2. The summed E-state index contributed by atoms with van der Waals surface area (Å²) in [5.41, 5.74) is 1.67. The lowest BCUT2D eigenvalue weighted by Gasteiger charge is -2.06. The molecule has 10 nitrogen and oxygen atoms in total. The molecule has 10 heteroatoms. The van der Waals surface area contributed by atoms with Crippen LogP contribution in [-0.2, 0) is 25.6 Å². The number of carboxylic acids is 2. The van der Waals surface area contributed by atoms with Crippen molar-refractivity contribution in [2.75, 3.05) is 0 Å². The van der Waals surface area contributed by atoms with Crippen LogP contribution in [0.1, 0.15) is 22.3 Å². The van der Waals surface area contributed by atoms with Crippen molar-refractivity contribution in [1.29, 1.82) is 0 Å². The highest BCUT2D eigenvalue weighted by molar-refractivity contribution is 6.50. The molecule has 0 amide bonds. The summed E-state index contributed by atoms with van der Waals surface area (Å²) in [4.78, 5) is 45.0. The van der Waals surface area contributed by atoms with Crippen molar-refractivity contribution >= 4 is 34.9 Å². The zero-order valence-electron chi connectivity index (χ0n) is 17.0. The number of carbonyl (C=O) groups is 4. The largest absolute Gasteiger partial charge is 0.478 e. The molecule has 0 saturated carbocycles. The van der Waals surface area contributed by atoms with E-state index in [-0.39, 0.29) is 11.4 Å². The number of aliphatic carboxylic acids is 2. The lowest BCUT2D eigenvalue weighted by atomic mass is 9.98. The molecule has 0 atom stereocenters. The molecule has 33 heavy (non-hydrogen) atoms. The fourth-order valence-electron chi connectivity index (χ4n) is 2.75. The molecule has 2 rings (SSSR count). The maximum Gasteiger partial charge on any atom is 0.328 e. The summed E-state index contributed by atoms with van der Waals surface area (Å²) in [5.74, 6) is -4.14. The van der Waals surface area contributed by atoms with Crippen molar-refractivity contribution in [3.63, 3.8) is 0 Å². The Morgan fingerprint density at radius 2 is 0.939 bits per heavy atom. The van der Waals surface area contributed by atoms with E-state index in [0.29, 0.717) is 29.7 Å². The molecule has 0 saturated heterocycles. The second kappa shape index (κ2) is 11.5. The van der Waals surface area contributed by atoms with Gasteiger partial charge < -0.3 is 20.6 Å². The van der Waals surface area contributed by atoms with Crippen LogP contribution in [0.3, 0.4) is 0 Å². The van der Waals surface area contributed by atoms with Gasteiger partial charge in [-0.05, 0) is 29.7 Å². The van der Waals surface area contributed by atoms with E-state index in [0.717, 1.165) is 23.3 Å². The molecule has 0 aliphatic carbocycles. The second-order valence-electron chi connectivity index (χ2n) is 6.54. The van der Waals surface area contributed by atoms with Crippen molar-refractivity contribution in [2.45, 2.75) is 6.42 Å². The lowest BCUT2D eigenvalue weighted by Crippen LogP contribution is -2.14. The van der Waals surface area contributed by atoms with Crippen LogP contribution in [0, 0.1) is 0 Å². The third kappa shape index (κ3) is 7.10. The number of ketones is 2. The summed E-state index contributed by atoms with van der Waals surface area (Å²) in [6, 6.07) is 13.0. The first-order chi connectivity index (χ1) is 15.7. The minimum Gasteiger partial charge on any atom is -0.478 e. The molecule has 0 heterocycles. The number of oxime groups is 2. The van der Waals surface area contributed by atoms with E-state index >= 15 is 0 Å². The Hall–Kier alpha value is -4.86. The highest BCUT2D eigenvalue weighted by Crippen LogP contribution is 2.14. The monoisotopic (exact) mass is 450 g/mol. The highest BCUT2D eigenvalue weighted by atomic mass is 16.4. The van der Waals surface area contributed by atoms with E-state index in [1.165, 1.54) is 0 Å². The van der Waals surface area contributed by atoms with Crippen LogP contribution in [0.25, 0.3) is 0 Å². The predicted molar refractivity (Wildman–Crippen MR) is 116 cm³/mol. The summed E-state index contributed by atoms with van der Waals surface area (Å²) in [6.07, 6.45) is 3.35. The standard InChI is InChI=1S/C23H18N2O8/c26-18(9-11-20(28)29)22(24-32)16-5-1-14(2-6-16)13-15-3-7-17(8-4-15)23(25-33)19(27)10-12-21(30)31/h1-12,32-33H,13H2,(H,28,29)(H,30,31)/b11-9+,12-10+,24-22+,25-23+. The zero-order chi connectivity index (χ0) is 24.4. The number of nitrogens with zero attached hydrogens (tertiary/aromatic N) is 2. The van der Waals surface area contributed by atoms with Crippen molar-refractivity contribution in [3.8, 4) is 0 Å². The summed E-state index contributed by atoms with van der Waals surface area (Å²) in [6.45, 7) is 0. The first-order valence-corrected chi connectivity index (χ1v) is 9.28. The third-order valence-corrected chi connectivity index (χ3v) is 4.28. The van der Waals surface area contributed by atoms with E-state index in [1.54, 1.807) is 48.5 Å². The Morgan fingerprint density at radius 3 is 1.21 bits per heavy atom. The molecule has 0 aliphatic heterocycles. The molecular formula is C23H18N2O8. The maximum absolute atomic E-state index is 12.0. The average molecular weight is 450 g/mol. The maximum atomic E-state index is 12.0. The number of hydrogen-bond donors (Lipinski definition) is 4. The molecule has 0 unspecified atom stereocenters. The van der Waals surface area contributed by atoms with Gasteiger partial charge in [0.1, 0.15) is 0 Å². The summed E-state index contributed by atoms with van der Waals surface area (Å²) in [7, 11) is 0. The van der Waals surface area contributed by atoms with Gasteiger partial charge in [0.25, 0.3) is 0 Å². The van der Waals surface area contributed by atoms with Gasteiger partial charge in [0.05, 0.1) is 0 Å². The second-order valence-corrected chi connectivity index (χ2v) is 6.54. The summed E-state index contributed by atoms with van der Waals surface area (Å²) < 4.78 is 0. The SMILES string of the molecule is O=C(O)/C=C/C(=O)/C(=N/O)c1ccc(Cc2ccc(/C(=N\O)C(=O)/C=C/C(=O)O)cc2)cc1. The van der Waals surface area contributed by atoms with Crippen molar-refractivity contribution in [1.82, 2.24) is 0 Å². The molecule has 2 aromatic carbocycles. The molecule has 168 valence electrons. The first-order valence-electron chi connectivity index (χ1n) is 9.28. The number of benzene rings is 2. The zero-order valence-corrected chi connectivity index (χ0v) is 17.0. The smallest absolute Gasteiger partial charge is 0.328 e. The molecule has 0 aromatic heterocycles. The van der Waals surface area contributed by atoms with Gasteiger partial charge in [0.2, 0.25) is 11.6 Å². The van der Waals surface area contributed by atoms with Gasteiger partial charge in [-0.3, -0.25) is 9.59 Å². The van der Waals surface area contributed by atoms with Gasteiger partial charge in [-0.2, -0.15) is 0 Å². The Bertz CT molecular complexity index is 1080.